The van der Waals surface area contributed by atoms with Gasteiger partial charge in [0.25, 0.3) is 0 Å². The number of fused-ring (bicyclic) bond motifs is 1. The molecule has 1 amide bonds. The van der Waals surface area contributed by atoms with Crippen LogP contribution in [0.3, 0.4) is 0 Å². The van der Waals surface area contributed by atoms with Gasteiger partial charge in [-0.15, -0.1) is 0 Å². The Hall–Kier alpha value is -1.35. The van der Waals surface area contributed by atoms with Crippen molar-refractivity contribution in [3.05, 3.63) is 34.9 Å². The van der Waals surface area contributed by atoms with Crippen LogP contribution >= 0.6 is 0 Å². The lowest BCUT2D eigenvalue weighted by Crippen LogP contribution is -2.35. The molecule has 1 aromatic rings. The van der Waals surface area contributed by atoms with Crippen molar-refractivity contribution in [3.8, 4) is 0 Å². The van der Waals surface area contributed by atoms with Crippen LogP contribution in [0.2, 0.25) is 0 Å². The number of hydrogen-bond acceptors (Lipinski definition) is 2. The molecule has 1 aliphatic carbocycles. The molecule has 1 aromatic carbocycles. The second kappa shape index (κ2) is 5.21. The molecule has 0 spiro atoms. The zero-order valence-corrected chi connectivity index (χ0v) is 12.5. The number of nitrogens with one attached hydrogen (secondary N) is 2. The van der Waals surface area contributed by atoms with Crippen LogP contribution in [0.1, 0.15) is 49.8 Å². The van der Waals surface area contributed by atoms with Crippen molar-refractivity contribution in [1.29, 1.82) is 0 Å². The summed E-state index contributed by atoms with van der Waals surface area (Å²) in [4.78, 5) is 12.3. The van der Waals surface area contributed by atoms with Gasteiger partial charge in [0.1, 0.15) is 0 Å². The highest BCUT2D eigenvalue weighted by molar-refractivity contribution is 5.79. The molecule has 1 aliphatic heterocycles. The van der Waals surface area contributed by atoms with Crippen LogP contribution < -0.4 is 10.6 Å². The zero-order chi connectivity index (χ0) is 14.2. The molecule has 108 valence electrons. The van der Waals surface area contributed by atoms with Gasteiger partial charge in [-0.3, -0.25) is 4.79 Å². The molecule has 3 nitrogen and oxygen atoms in total. The second-order valence-corrected chi connectivity index (χ2v) is 6.86. The lowest BCUT2D eigenvalue weighted by molar-refractivity contribution is -0.127. The molecule has 1 saturated carbocycles. The smallest absolute Gasteiger partial charge is 0.223 e. The molecule has 3 rings (SSSR count). The van der Waals surface area contributed by atoms with Gasteiger partial charge in [0, 0.05) is 25.6 Å². The summed E-state index contributed by atoms with van der Waals surface area (Å²) in [6.45, 7) is 7.00. The maximum Gasteiger partial charge on any atom is 0.223 e. The third-order valence-corrected chi connectivity index (χ3v) is 4.94. The molecule has 1 heterocycles. The Bertz CT molecular complexity index is 522. The molecule has 1 atom stereocenters. The van der Waals surface area contributed by atoms with Gasteiger partial charge in [-0.25, -0.2) is 0 Å². The van der Waals surface area contributed by atoms with Crippen LogP contribution in [-0.4, -0.2) is 5.91 Å². The van der Waals surface area contributed by atoms with E-state index in [9.17, 15) is 4.79 Å². The van der Waals surface area contributed by atoms with E-state index in [1.807, 2.05) is 0 Å². The summed E-state index contributed by atoms with van der Waals surface area (Å²) < 4.78 is 0. The fourth-order valence-electron chi connectivity index (χ4n) is 3.58. The van der Waals surface area contributed by atoms with E-state index >= 15 is 0 Å². The Labute approximate surface area is 121 Å². The molecule has 0 radical (unpaired) electrons. The van der Waals surface area contributed by atoms with E-state index in [1.54, 1.807) is 0 Å². The number of hydrogen-bond donors (Lipinski definition) is 2. The molecule has 0 aromatic heterocycles. The summed E-state index contributed by atoms with van der Waals surface area (Å²) in [6.07, 6.45) is 3.37. The highest BCUT2D eigenvalue weighted by atomic mass is 16.1. The summed E-state index contributed by atoms with van der Waals surface area (Å²) in [5, 5.41) is 6.48. The Kier molecular flexibility index (Phi) is 3.55. The SMILES string of the molecule is CC1(C)CCCC1C(=O)NCc1ccc2c(c1)CNC2. The third kappa shape index (κ3) is 2.59. The van der Waals surface area contributed by atoms with Crippen molar-refractivity contribution >= 4 is 5.91 Å². The predicted molar refractivity (Wildman–Crippen MR) is 80.0 cm³/mol. The Balaban J connectivity index is 1.61. The van der Waals surface area contributed by atoms with Crippen molar-refractivity contribution in [2.45, 2.75) is 52.7 Å². The lowest BCUT2D eigenvalue weighted by atomic mass is 9.81. The van der Waals surface area contributed by atoms with Gasteiger partial charge in [0.15, 0.2) is 0 Å². The van der Waals surface area contributed by atoms with Crippen molar-refractivity contribution in [2.75, 3.05) is 0 Å². The van der Waals surface area contributed by atoms with Crippen molar-refractivity contribution < 1.29 is 4.79 Å². The first kappa shape index (κ1) is 13.6. The van der Waals surface area contributed by atoms with Crippen LogP contribution in [-0.2, 0) is 24.4 Å². The van der Waals surface area contributed by atoms with E-state index in [0.717, 1.165) is 25.9 Å². The van der Waals surface area contributed by atoms with Crippen LogP contribution in [0.5, 0.6) is 0 Å². The van der Waals surface area contributed by atoms with Crippen LogP contribution in [0, 0.1) is 11.3 Å². The molecule has 1 unspecified atom stereocenters. The minimum atomic E-state index is 0.159. The van der Waals surface area contributed by atoms with Crippen LogP contribution in [0.25, 0.3) is 0 Å². The van der Waals surface area contributed by atoms with Gasteiger partial charge in [-0.2, -0.15) is 0 Å². The highest BCUT2D eigenvalue weighted by Crippen LogP contribution is 2.42. The molecule has 20 heavy (non-hydrogen) atoms. The topological polar surface area (TPSA) is 41.1 Å². The van der Waals surface area contributed by atoms with Gasteiger partial charge in [-0.05, 0) is 34.9 Å². The Morgan fingerprint density at radius 3 is 2.90 bits per heavy atom. The summed E-state index contributed by atoms with van der Waals surface area (Å²) in [7, 11) is 0. The molecular formula is C17H24N2O. The highest BCUT2D eigenvalue weighted by Gasteiger charge is 2.38. The average Bonchev–Trinajstić information content (AvgIpc) is 3.01. The summed E-state index contributed by atoms with van der Waals surface area (Å²) in [5.41, 5.74) is 4.12. The van der Waals surface area contributed by atoms with E-state index in [-0.39, 0.29) is 17.2 Å². The van der Waals surface area contributed by atoms with Gasteiger partial charge >= 0.3 is 0 Å². The maximum atomic E-state index is 12.3. The van der Waals surface area contributed by atoms with Crippen molar-refractivity contribution in [3.63, 3.8) is 0 Å². The molecule has 2 N–H and O–H groups in total. The van der Waals surface area contributed by atoms with Crippen molar-refractivity contribution in [1.82, 2.24) is 10.6 Å². The first-order valence-electron chi connectivity index (χ1n) is 7.65. The fourth-order valence-corrected chi connectivity index (χ4v) is 3.58. The predicted octanol–water partition coefficient (Wildman–Crippen LogP) is 2.73. The lowest BCUT2D eigenvalue weighted by Gasteiger charge is -2.25. The number of amides is 1. The van der Waals surface area contributed by atoms with Crippen LogP contribution in [0.4, 0.5) is 0 Å². The van der Waals surface area contributed by atoms with Crippen molar-refractivity contribution in [2.24, 2.45) is 11.3 Å². The Morgan fingerprint density at radius 1 is 1.35 bits per heavy atom. The van der Waals surface area contributed by atoms with E-state index < -0.39 is 0 Å². The molecule has 2 aliphatic rings. The first-order chi connectivity index (χ1) is 9.56. The number of benzene rings is 1. The van der Waals surface area contributed by atoms with Gasteiger partial charge < -0.3 is 10.6 Å². The average molecular weight is 272 g/mol. The number of carbonyl (C=O) groups excluding carboxylic acids is 1. The standard InChI is InChI=1S/C17H24N2O/c1-17(2)7-3-4-15(17)16(20)19-9-12-5-6-13-10-18-11-14(13)8-12/h5-6,8,15,18H,3-4,7,9-11H2,1-2H3,(H,19,20). The van der Waals surface area contributed by atoms with Gasteiger partial charge in [0.2, 0.25) is 5.91 Å². The molecule has 3 heteroatoms. The summed E-state index contributed by atoms with van der Waals surface area (Å²) >= 11 is 0. The molecule has 1 fully saturated rings. The minimum absolute atomic E-state index is 0.159. The normalized spacial score (nSPS) is 23.6. The fraction of sp³-hybridized carbons (Fsp3) is 0.588. The van der Waals surface area contributed by atoms with E-state index in [4.69, 9.17) is 0 Å². The second-order valence-electron chi connectivity index (χ2n) is 6.86. The quantitative estimate of drug-likeness (QED) is 0.888. The van der Waals surface area contributed by atoms with E-state index in [0.29, 0.717) is 6.54 Å². The molecule has 0 bridgehead atoms. The van der Waals surface area contributed by atoms with E-state index in [1.165, 1.54) is 23.1 Å². The monoisotopic (exact) mass is 272 g/mol. The zero-order valence-electron chi connectivity index (χ0n) is 12.5. The van der Waals surface area contributed by atoms with Gasteiger partial charge in [-0.1, -0.05) is 38.5 Å². The van der Waals surface area contributed by atoms with E-state index in [2.05, 4.69) is 42.7 Å². The minimum Gasteiger partial charge on any atom is -0.352 e. The number of rotatable bonds is 3. The summed E-state index contributed by atoms with van der Waals surface area (Å²) in [5.74, 6) is 0.407. The summed E-state index contributed by atoms with van der Waals surface area (Å²) in [6, 6.07) is 6.53. The first-order valence-corrected chi connectivity index (χ1v) is 7.65. The number of carbonyl (C=O) groups is 1. The largest absolute Gasteiger partial charge is 0.352 e. The third-order valence-electron chi connectivity index (χ3n) is 4.94. The van der Waals surface area contributed by atoms with Crippen LogP contribution in [0.15, 0.2) is 18.2 Å². The Morgan fingerprint density at radius 2 is 2.15 bits per heavy atom. The molecular weight excluding hydrogens is 248 g/mol. The van der Waals surface area contributed by atoms with Gasteiger partial charge in [0.05, 0.1) is 0 Å². The maximum absolute atomic E-state index is 12.3. The molecule has 0 saturated heterocycles.